The molecule has 1 atom stereocenters. The summed E-state index contributed by atoms with van der Waals surface area (Å²) < 4.78 is 0.999. The van der Waals surface area contributed by atoms with Crippen LogP contribution in [0, 0.1) is 13.8 Å². The summed E-state index contributed by atoms with van der Waals surface area (Å²) in [6, 6.07) is 4.11. The van der Waals surface area contributed by atoms with Crippen LogP contribution in [0.15, 0.2) is 16.6 Å². The average Bonchev–Trinajstić information content (AvgIpc) is 2.09. The summed E-state index contributed by atoms with van der Waals surface area (Å²) in [5.41, 5.74) is 3.49. The molecule has 1 unspecified atom stereocenters. The molecular formula is C12H15BrO2. The molecule has 82 valence electrons. The molecule has 1 N–H and O–H groups in total. The van der Waals surface area contributed by atoms with Gasteiger partial charge in [0.1, 0.15) is 0 Å². The van der Waals surface area contributed by atoms with Crippen molar-refractivity contribution in [2.45, 2.75) is 33.1 Å². The molecule has 1 rings (SSSR count). The molecule has 0 spiro atoms. The van der Waals surface area contributed by atoms with Gasteiger partial charge in [0.25, 0.3) is 0 Å². The zero-order valence-electron chi connectivity index (χ0n) is 9.17. The van der Waals surface area contributed by atoms with Crippen LogP contribution >= 0.6 is 15.9 Å². The van der Waals surface area contributed by atoms with E-state index in [1.54, 1.807) is 0 Å². The normalized spacial score (nSPS) is 12.5. The van der Waals surface area contributed by atoms with Crippen molar-refractivity contribution in [3.8, 4) is 0 Å². The fourth-order valence-electron chi connectivity index (χ4n) is 1.55. The lowest BCUT2D eigenvalue weighted by molar-refractivity contribution is -0.137. The highest BCUT2D eigenvalue weighted by atomic mass is 79.9. The Labute approximate surface area is 98.4 Å². The molecule has 0 aromatic heterocycles. The van der Waals surface area contributed by atoms with Gasteiger partial charge in [-0.05, 0) is 42.5 Å². The molecule has 0 aliphatic rings. The maximum Gasteiger partial charge on any atom is 0.303 e. The van der Waals surface area contributed by atoms with Crippen molar-refractivity contribution in [3.63, 3.8) is 0 Å². The first-order chi connectivity index (χ1) is 6.91. The molecule has 0 saturated carbocycles. The number of rotatable bonds is 3. The molecule has 1 aromatic rings. The van der Waals surface area contributed by atoms with Gasteiger partial charge in [-0.3, -0.25) is 4.79 Å². The first-order valence-corrected chi connectivity index (χ1v) is 5.69. The Balaban J connectivity index is 3.03. The lowest BCUT2D eigenvalue weighted by Gasteiger charge is -2.14. The number of hydrogen-bond acceptors (Lipinski definition) is 1. The number of aliphatic carboxylic acids is 1. The summed E-state index contributed by atoms with van der Waals surface area (Å²) in [5.74, 6) is -0.719. The summed E-state index contributed by atoms with van der Waals surface area (Å²) >= 11 is 3.48. The van der Waals surface area contributed by atoms with E-state index in [0.717, 1.165) is 10.0 Å². The van der Waals surface area contributed by atoms with E-state index in [2.05, 4.69) is 22.0 Å². The summed E-state index contributed by atoms with van der Waals surface area (Å²) in [6.07, 6.45) is 0.168. The number of hydrogen-bond donors (Lipinski definition) is 1. The molecule has 0 saturated heterocycles. The maximum atomic E-state index is 10.6. The Bertz CT molecular complexity index is 385. The lowest BCUT2D eigenvalue weighted by atomic mass is 9.95. The van der Waals surface area contributed by atoms with Gasteiger partial charge in [-0.1, -0.05) is 28.9 Å². The Morgan fingerprint density at radius 1 is 1.40 bits per heavy atom. The predicted octanol–water partition coefficient (Wildman–Crippen LogP) is 3.64. The van der Waals surface area contributed by atoms with E-state index in [1.165, 1.54) is 11.1 Å². The average molecular weight is 271 g/mol. The van der Waals surface area contributed by atoms with E-state index in [-0.39, 0.29) is 12.3 Å². The Kier molecular flexibility index (Phi) is 3.91. The first-order valence-electron chi connectivity index (χ1n) is 4.90. The molecule has 0 aliphatic carbocycles. The van der Waals surface area contributed by atoms with Gasteiger partial charge in [-0.15, -0.1) is 0 Å². The molecule has 0 amide bonds. The Hall–Kier alpha value is -0.830. The summed E-state index contributed by atoms with van der Waals surface area (Å²) in [6.45, 7) is 6.02. The zero-order chi connectivity index (χ0) is 11.6. The van der Waals surface area contributed by atoms with Crippen LogP contribution in [0.3, 0.4) is 0 Å². The predicted molar refractivity (Wildman–Crippen MR) is 64.3 cm³/mol. The van der Waals surface area contributed by atoms with Gasteiger partial charge < -0.3 is 5.11 Å². The quantitative estimate of drug-likeness (QED) is 0.911. The van der Waals surface area contributed by atoms with Crippen molar-refractivity contribution < 1.29 is 9.90 Å². The van der Waals surface area contributed by atoms with Crippen molar-refractivity contribution in [1.29, 1.82) is 0 Å². The number of carbonyl (C=O) groups is 1. The van der Waals surface area contributed by atoms with E-state index >= 15 is 0 Å². The smallest absolute Gasteiger partial charge is 0.303 e. The summed E-state index contributed by atoms with van der Waals surface area (Å²) in [7, 11) is 0. The number of benzene rings is 1. The largest absolute Gasteiger partial charge is 0.481 e. The van der Waals surface area contributed by atoms with Crippen LogP contribution in [0.2, 0.25) is 0 Å². The topological polar surface area (TPSA) is 37.3 Å². The van der Waals surface area contributed by atoms with Crippen molar-refractivity contribution in [2.75, 3.05) is 0 Å². The van der Waals surface area contributed by atoms with Gasteiger partial charge in [-0.2, -0.15) is 0 Å². The maximum absolute atomic E-state index is 10.6. The summed E-state index contributed by atoms with van der Waals surface area (Å²) in [5, 5.41) is 8.74. The highest BCUT2D eigenvalue weighted by molar-refractivity contribution is 9.10. The second kappa shape index (κ2) is 4.79. The van der Waals surface area contributed by atoms with Crippen LogP contribution in [0.5, 0.6) is 0 Å². The molecule has 0 radical (unpaired) electrons. The number of carboxylic acid groups (broad SMARTS) is 1. The van der Waals surface area contributed by atoms with Crippen LogP contribution < -0.4 is 0 Å². The van der Waals surface area contributed by atoms with E-state index in [9.17, 15) is 4.79 Å². The van der Waals surface area contributed by atoms with E-state index in [0.29, 0.717) is 0 Å². The first kappa shape index (κ1) is 12.2. The second-order valence-electron chi connectivity index (χ2n) is 3.96. The third kappa shape index (κ3) is 3.06. The number of aryl methyl sites for hydroxylation is 2. The van der Waals surface area contributed by atoms with Crippen molar-refractivity contribution in [3.05, 3.63) is 33.3 Å². The molecule has 0 heterocycles. The lowest BCUT2D eigenvalue weighted by Crippen LogP contribution is -2.04. The Morgan fingerprint density at radius 3 is 2.47 bits per heavy atom. The van der Waals surface area contributed by atoms with E-state index < -0.39 is 5.97 Å². The molecule has 1 aromatic carbocycles. The number of halogens is 1. The van der Waals surface area contributed by atoms with Crippen LogP contribution in [-0.2, 0) is 4.79 Å². The summed E-state index contributed by atoms with van der Waals surface area (Å²) in [4.78, 5) is 10.6. The molecular weight excluding hydrogens is 256 g/mol. The minimum absolute atomic E-state index is 0.0381. The highest BCUT2D eigenvalue weighted by Crippen LogP contribution is 2.29. The monoisotopic (exact) mass is 270 g/mol. The molecule has 2 nitrogen and oxygen atoms in total. The van der Waals surface area contributed by atoms with Crippen LogP contribution in [-0.4, -0.2) is 11.1 Å². The van der Waals surface area contributed by atoms with Crippen LogP contribution in [0.1, 0.15) is 36.0 Å². The van der Waals surface area contributed by atoms with Gasteiger partial charge in [0.05, 0.1) is 6.42 Å². The number of carboxylic acids is 1. The van der Waals surface area contributed by atoms with Crippen molar-refractivity contribution >= 4 is 21.9 Å². The van der Waals surface area contributed by atoms with E-state index in [4.69, 9.17) is 5.11 Å². The standard InChI is InChI=1S/C12H15BrO2/c1-7-4-10(9(3)6-12(14)15)11(13)5-8(7)2/h4-5,9H,6H2,1-3H3,(H,14,15). The molecule has 15 heavy (non-hydrogen) atoms. The van der Waals surface area contributed by atoms with E-state index in [1.807, 2.05) is 26.8 Å². The highest BCUT2D eigenvalue weighted by Gasteiger charge is 2.14. The SMILES string of the molecule is Cc1cc(Br)c(C(C)CC(=O)O)cc1C. The molecule has 0 fully saturated rings. The minimum atomic E-state index is -0.757. The minimum Gasteiger partial charge on any atom is -0.481 e. The third-order valence-electron chi connectivity index (χ3n) is 2.62. The molecule has 0 aliphatic heterocycles. The fourth-order valence-corrected chi connectivity index (χ4v) is 2.40. The van der Waals surface area contributed by atoms with Gasteiger partial charge in [0, 0.05) is 4.47 Å². The van der Waals surface area contributed by atoms with Crippen LogP contribution in [0.25, 0.3) is 0 Å². The third-order valence-corrected chi connectivity index (χ3v) is 3.31. The van der Waals surface area contributed by atoms with Gasteiger partial charge in [0.15, 0.2) is 0 Å². The fraction of sp³-hybridized carbons (Fsp3) is 0.417. The van der Waals surface area contributed by atoms with Crippen LogP contribution in [0.4, 0.5) is 0 Å². The van der Waals surface area contributed by atoms with Crippen molar-refractivity contribution in [2.24, 2.45) is 0 Å². The van der Waals surface area contributed by atoms with Gasteiger partial charge in [0.2, 0.25) is 0 Å². The Morgan fingerprint density at radius 2 is 1.93 bits per heavy atom. The molecule has 0 bridgehead atoms. The van der Waals surface area contributed by atoms with Crippen molar-refractivity contribution in [1.82, 2.24) is 0 Å². The van der Waals surface area contributed by atoms with Gasteiger partial charge >= 0.3 is 5.97 Å². The second-order valence-corrected chi connectivity index (χ2v) is 4.81. The molecule has 3 heteroatoms. The van der Waals surface area contributed by atoms with Gasteiger partial charge in [-0.25, -0.2) is 0 Å². The zero-order valence-corrected chi connectivity index (χ0v) is 10.8.